The minimum atomic E-state index is -4.11. The highest BCUT2D eigenvalue weighted by Crippen LogP contribution is 2.29. The van der Waals surface area contributed by atoms with Crippen LogP contribution >= 0.6 is 0 Å². The van der Waals surface area contributed by atoms with Gasteiger partial charge in [0.2, 0.25) is 5.91 Å². The minimum absolute atomic E-state index is 0.00373. The molecule has 0 spiro atoms. The van der Waals surface area contributed by atoms with Crippen LogP contribution in [0.4, 0.5) is 5.69 Å². The summed E-state index contributed by atoms with van der Waals surface area (Å²) in [6.45, 7) is 6.16. The lowest BCUT2D eigenvalue weighted by Crippen LogP contribution is -2.23. The first-order valence-electron chi connectivity index (χ1n) is 15.4. The van der Waals surface area contributed by atoms with E-state index < -0.39 is 21.8 Å². The molecule has 5 rings (SSSR count). The first-order chi connectivity index (χ1) is 22.3. The number of para-hydroxylation sites is 1. The number of benzene rings is 4. The van der Waals surface area contributed by atoms with Crippen molar-refractivity contribution < 1.29 is 27.0 Å². The molecular formula is C39H37NO6S. The van der Waals surface area contributed by atoms with E-state index in [0.29, 0.717) is 17.7 Å². The van der Waals surface area contributed by atoms with E-state index >= 15 is 0 Å². The smallest absolute Gasteiger partial charge is 0.264 e. The van der Waals surface area contributed by atoms with E-state index in [0.717, 1.165) is 39.0 Å². The number of anilines is 1. The molecule has 0 saturated carbocycles. The van der Waals surface area contributed by atoms with Crippen LogP contribution in [-0.2, 0) is 21.3 Å². The van der Waals surface area contributed by atoms with Gasteiger partial charge in [-0.25, -0.2) is 0 Å². The van der Waals surface area contributed by atoms with Crippen LogP contribution in [0, 0.1) is 17.3 Å². The van der Waals surface area contributed by atoms with Gasteiger partial charge in [0.1, 0.15) is 11.3 Å². The summed E-state index contributed by atoms with van der Waals surface area (Å²) in [7, 11) is -4.11. The Kier molecular flexibility index (Phi) is 10.1. The van der Waals surface area contributed by atoms with Gasteiger partial charge in [0, 0.05) is 39.6 Å². The Morgan fingerprint density at radius 1 is 0.894 bits per heavy atom. The normalized spacial score (nSPS) is 12.3. The van der Waals surface area contributed by atoms with Crippen molar-refractivity contribution in [2.45, 2.75) is 46.0 Å². The number of rotatable bonds is 11. The second kappa shape index (κ2) is 14.2. The molecule has 2 N–H and O–H groups in total. The lowest BCUT2D eigenvalue weighted by molar-refractivity contribution is -0.117. The second-order valence-corrected chi connectivity index (χ2v) is 14.2. The van der Waals surface area contributed by atoms with Gasteiger partial charge in [-0.1, -0.05) is 66.4 Å². The monoisotopic (exact) mass is 647 g/mol. The third-order valence-corrected chi connectivity index (χ3v) is 8.40. The summed E-state index contributed by atoms with van der Waals surface area (Å²) in [6, 6.07) is 32.0. The largest absolute Gasteiger partial charge is 0.456 e. The summed E-state index contributed by atoms with van der Waals surface area (Å²) in [5.41, 5.74) is 5.22. The van der Waals surface area contributed by atoms with E-state index in [-0.39, 0.29) is 29.9 Å². The van der Waals surface area contributed by atoms with Crippen LogP contribution in [0.3, 0.4) is 0 Å². The van der Waals surface area contributed by atoms with Crippen molar-refractivity contribution in [2.75, 3.05) is 11.1 Å². The Hall–Kier alpha value is -4.97. The Morgan fingerprint density at radius 3 is 2.21 bits per heavy atom. The number of nitrogens with one attached hydrogen (secondary N) is 1. The molecule has 0 aliphatic carbocycles. The fraction of sp³-hybridized carbons (Fsp3) is 0.231. The second-order valence-electron chi connectivity index (χ2n) is 12.6. The first-order valence-corrected chi connectivity index (χ1v) is 17.0. The van der Waals surface area contributed by atoms with Crippen molar-refractivity contribution in [1.29, 1.82) is 0 Å². The van der Waals surface area contributed by atoms with E-state index in [9.17, 15) is 18.0 Å². The van der Waals surface area contributed by atoms with E-state index in [1.807, 2.05) is 91.0 Å². The molecule has 8 heteroatoms. The molecule has 1 atom stereocenters. The molecular weight excluding hydrogens is 610 g/mol. The van der Waals surface area contributed by atoms with Gasteiger partial charge in [-0.2, -0.15) is 8.42 Å². The summed E-state index contributed by atoms with van der Waals surface area (Å²) < 4.78 is 36.9. The molecule has 7 nitrogen and oxygen atoms in total. The number of hydrogen-bond acceptors (Lipinski definition) is 5. The van der Waals surface area contributed by atoms with Crippen molar-refractivity contribution in [3.63, 3.8) is 0 Å². The van der Waals surface area contributed by atoms with Crippen LogP contribution in [-0.4, -0.2) is 30.4 Å². The van der Waals surface area contributed by atoms with Crippen molar-refractivity contribution in [3.05, 3.63) is 125 Å². The van der Waals surface area contributed by atoms with Gasteiger partial charge < -0.3 is 9.73 Å². The van der Waals surface area contributed by atoms with Crippen molar-refractivity contribution in [2.24, 2.45) is 5.41 Å². The summed E-state index contributed by atoms with van der Waals surface area (Å²) >= 11 is 0. The van der Waals surface area contributed by atoms with Crippen LogP contribution in [0.2, 0.25) is 0 Å². The SMILES string of the molecule is CC(C)(C)C#Cc1ccc(C(Cc2ccc(C(=O)CCCS(=O)(=O)O)cc2)C(=O)Nc2ccc(-c3cc4ccccc4o3)cc2)cc1. The van der Waals surface area contributed by atoms with Crippen molar-refractivity contribution in [3.8, 4) is 23.2 Å². The number of carbonyl (C=O) groups is 2. The third-order valence-electron chi connectivity index (χ3n) is 7.60. The van der Waals surface area contributed by atoms with Gasteiger partial charge in [-0.05, 0) is 93.3 Å². The van der Waals surface area contributed by atoms with Crippen LogP contribution in [0.25, 0.3) is 22.3 Å². The highest BCUT2D eigenvalue weighted by Gasteiger charge is 2.22. The van der Waals surface area contributed by atoms with E-state index in [1.165, 1.54) is 0 Å². The molecule has 0 saturated heterocycles. The van der Waals surface area contributed by atoms with Crippen LogP contribution in [0.1, 0.15) is 66.6 Å². The zero-order valence-electron chi connectivity index (χ0n) is 26.6. The predicted octanol–water partition coefficient (Wildman–Crippen LogP) is 8.31. The number of amides is 1. The zero-order chi connectivity index (χ0) is 33.6. The average molecular weight is 648 g/mol. The molecule has 4 aromatic carbocycles. The molecule has 5 aromatic rings. The van der Waals surface area contributed by atoms with Gasteiger partial charge in [-0.3, -0.25) is 14.1 Å². The third kappa shape index (κ3) is 9.52. The standard InChI is InChI=1S/C39H37NO6S/c1-39(2,3)23-22-27-10-14-29(15-11-27)34(25-28-12-16-30(17-13-28)35(41)8-6-24-47(43,44)45)38(42)40-33-20-18-31(19-21-33)37-26-32-7-4-5-9-36(32)46-37/h4-5,7,9-21,26,34H,6,8,24-25H2,1-3H3,(H,40,42)(H,43,44,45). The summed E-state index contributed by atoms with van der Waals surface area (Å²) in [5, 5.41) is 4.09. The maximum atomic E-state index is 13.8. The summed E-state index contributed by atoms with van der Waals surface area (Å²) in [5.74, 6) is 5.79. The Bertz CT molecular complexity index is 2010. The molecule has 0 fully saturated rings. The van der Waals surface area contributed by atoms with Crippen LogP contribution in [0.15, 0.2) is 108 Å². The number of Topliss-reactive ketones (excluding diaryl/α,β-unsaturated/α-hetero) is 1. The minimum Gasteiger partial charge on any atom is -0.456 e. The fourth-order valence-corrected chi connectivity index (χ4v) is 5.62. The molecule has 240 valence electrons. The highest BCUT2D eigenvalue weighted by molar-refractivity contribution is 7.85. The maximum absolute atomic E-state index is 13.8. The number of ketones is 1. The van der Waals surface area contributed by atoms with Crippen molar-refractivity contribution in [1.82, 2.24) is 0 Å². The van der Waals surface area contributed by atoms with Gasteiger partial charge in [-0.15, -0.1) is 0 Å². The van der Waals surface area contributed by atoms with Gasteiger partial charge in [0.05, 0.1) is 11.7 Å². The number of hydrogen-bond donors (Lipinski definition) is 2. The Labute approximate surface area is 275 Å². The van der Waals surface area contributed by atoms with Crippen molar-refractivity contribution >= 4 is 38.5 Å². The lowest BCUT2D eigenvalue weighted by atomic mass is 9.89. The van der Waals surface area contributed by atoms with Crippen LogP contribution < -0.4 is 5.32 Å². The Balaban J connectivity index is 1.34. The molecule has 1 amide bonds. The van der Waals surface area contributed by atoms with Crippen LogP contribution in [0.5, 0.6) is 0 Å². The molecule has 0 bridgehead atoms. The summed E-state index contributed by atoms with van der Waals surface area (Å²) in [4.78, 5) is 26.4. The quantitative estimate of drug-likeness (QED) is 0.0847. The maximum Gasteiger partial charge on any atom is 0.264 e. The lowest BCUT2D eigenvalue weighted by Gasteiger charge is -2.18. The zero-order valence-corrected chi connectivity index (χ0v) is 27.4. The van der Waals surface area contributed by atoms with E-state index in [4.69, 9.17) is 8.97 Å². The van der Waals surface area contributed by atoms with Gasteiger partial charge >= 0.3 is 0 Å². The first kappa shape index (κ1) is 33.4. The number of carbonyl (C=O) groups excluding carboxylic acids is 2. The number of furan rings is 1. The molecule has 0 aliphatic rings. The molecule has 47 heavy (non-hydrogen) atoms. The molecule has 1 unspecified atom stereocenters. The van der Waals surface area contributed by atoms with E-state index in [1.54, 1.807) is 12.1 Å². The number of fused-ring (bicyclic) bond motifs is 1. The average Bonchev–Trinajstić information content (AvgIpc) is 3.47. The topological polar surface area (TPSA) is 114 Å². The highest BCUT2D eigenvalue weighted by atomic mass is 32.2. The summed E-state index contributed by atoms with van der Waals surface area (Å²) in [6.07, 6.45) is 0.425. The fourth-order valence-electron chi connectivity index (χ4n) is 5.11. The van der Waals surface area contributed by atoms with E-state index in [2.05, 4.69) is 37.9 Å². The van der Waals surface area contributed by atoms with Gasteiger partial charge in [0.15, 0.2) is 5.78 Å². The molecule has 1 aromatic heterocycles. The van der Waals surface area contributed by atoms with Gasteiger partial charge in [0.25, 0.3) is 10.1 Å². The molecule has 0 radical (unpaired) electrons. The Morgan fingerprint density at radius 2 is 1.57 bits per heavy atom. The molecule has 1 heterocycles. The molecule has 0 aliphatic heterocycles. The predicted molar refractivity (Wildman–Crippen MR) is 186 cm³/mol.